The number of amides is 2. The standard InChI is InChI=1S/C36H46FN3O7S/c1-25-22-40(26(2)24-41)36(43)32-21-30(38-35(42)20-28-11-6-5-7-12-28)15-18-33(32)47-27(3)10-8-9-19-46-34(25)23-39(4)48(44,45)31-16-13-29(37)14-17-31/h5-7,11-18,21,25-27,34,41H,8-10,19-20,22-24H2,1-4H3,(H,38,42)/t25-,26+,27-,34+/m0/s1. The number of carbonyl (C=O) groups excluding carboxylic acids is 2. The number of nitrogens with one attached hydrogen (secondary N) is 1. The summed E-state index contributed by atoms with van der Waals surface area (Å²) in [7, 11) is -2.51. The number of sulfonamides is 1. The molecule has 4 rings (SSSR count). The Morgan fingerprint density at radius 2 is 1.79 bits per heavy atom. The minimum absolute atomic E-state index is 0.00981. The van der Waals surface area contributed by atoms with Gasteiger partial charge >= 0.3 is 0 Å². The fraction of sp³-hybridized carbons (Fsp3) is 0.444. The largest absolute Gasteiger partial charge is 0.490 e. The Morgan fingerprint density at radius 3 is 2.48 bits per heavy atom. The molecule has 2 amide bonds. The van der Waals surface area contributed by atoms with Crippen molar-refractivity contribution in [3.63, 3.8) is 0 Å². The normalized spacial score (nSPS) is 20.4. The van der Waals surface area contributed by atoms with Crippen LogP contribution in [0.25, 0.3) is 0 Å². The van der Waals surface area contributed by atoms with Crippen LogP contribution in [0.1, 0.15) is 56.0 Å². The van der Waals surface area contributed by atoms with Crippen molar-refractivity contribution in [1.29, 1.82) is 0 Å². The quantitative estimate of drug-likeness (QED) is 0.321. The molecule has 0 aliphatic carbocycles. The highest BCUT2D eigenvalue weighted by Gasteiger charge is 2.32. The Hall–Kier alpha value is -3.84. The van der Waals surface area contributed by atoms with E-state index in [2.05, 4.69) is 5.32 Å². The van der Waals surface area contributed by atoms with Crippen LogP contribution < -0.4 is 10.1 Å². The average molecular weight is 684 g/mol. The van der Waals surface area contributed by atoms with Crippen molar-refractivity contribution in [3.05, 3.63) is 89.7 Å². The van der Waals surface area contributed by atoms with Gasteiger partial charge in [-0.05, 0) is 81.1 Å². The Labute approximate surface area is 282 Å². The number of nitrogens with zero attached hydrogens (tertiary/aromatic N) is 2. The Balaban J connectivity index is 1.62. The van der Waals surface area contributed by atoms with Crippen LogP contribution in [0.15, 0.2) is 77.7 Å². The number of aliphatic hydroxyl groups excluding tert-OH is 1. The summed E-state index contributed by atoms with van der Waals surface area (Å²) in [6.45, 7) is 5.70. The maximum atomic E-state index is 14.3. The molecule has 2 N–H and O–H groups in total. The summed E-state index contributed by atoms with van der Waals surface area (Å²) in [5.74, 6) is -1.18. The number of anilines is 1. The van der Waals surface area contributed by atoms with Gasteiger partial charge in [-0.3, -0.25) is 9.59 Å². The van der Waals surface area contributed by atoms with Gasteiger partial charge in [-0.2, -0.15) is 4.31 Å². The van der Waals surface area contributed by atoms with Crippen LogP contribution in [0.3, 0.4) is 0 Å². The van der Waals surface area contributed by atoms with Crippen molar-refractivity contribution in [3.8, 4) is 5.75 Å². The zero-order valence-electron chi connectivity index (χ0n) is 28.0. The molecule has 0 saturated heterocycles. The highest BCUT2D eigenvalue weighted by Crippen LogP contribution is 2.29. The first-order chi connectivity index (χ1) is 22.9. The van der Waals surface area contributed by atoms with Gasteiger partial charge in [0.25, 0.3) is 5.91 Å². The van der Waals surface area contributed by atoms with Crippen LogP contribution in [0.2, 0.25) is 0 Å². The molecule has 3 aromatic rings. The van der Waals surface area contributed by atoms with Gasteiger partial charge in [0.05, 0.1) is 41.7 Å². The molecule has 0 bridgehead atoms. The predicted molar refractivity (Wildman–Crippen MR) is 182 cm³/mol. The molecule has 260 valence electrons. The van der Waals surface area contributed by atoms with Crippen LogP contribution >= 0.6 is 0 Å². The SMILES string of the molecule is C[C@H](CO)N1C[C@H](C)[C@@H](CN(C)S(=O)(=O)c2ccc(F)cc2)OCCCC[C@H](C)Oc2ccc(NC(=O)Cc3ccccc3)cc2C1=O. The van der Waals surface area contributed by atoms with Crippen LogP contribution in [0, 0.1) is 11.7 Å². The molecule has 10 nitrogen and oxygen atoms in total. The van der Waals surface area contributed by atoms with E-state index < -0.39 is 33.9 Å². The molecule has 0 saturated carbocycles. The third kappa shape index (κ3) is 9.85. The van der Waals surface area contributed by atoms with Crippen molar-refractivity contribution < 1.29 is 37.0 Å². The maximum absolute atomic E-state index is 14.3. The van der Waals surface area contributed by atoms with E-state index in [9.17, 15) is 27.5 Å². The molecule has 0 unspecified atom stereocenters. The van der Waals surface area contributed by atoms with Crippen molar-refractivity contribution in [2.24, 2.45) is 5.92 Å². The molecule has 3 aromatic carbocycles. The first-order valence-electron chi connectivity index (χ1n) is 16.3. The zero-order chi connectivity index (χ0) is 34.8. The van der Waals surface area contributed by atoms with Gasteiger partial charge in [0.15, 0.2) is 0 Å². The van der Waals surface area contributed by atoms with Gasteiger partial charge in [0, 0.05) is 38.3 Å². The first kappa shape index (κ1) is 37.0. The van der Waals surface area contributed by atoms with Crippen molar-refractivity contribution in [2.45, 2.75) is 69.6 Å². The minimum Gasteiger partial charge on any atom is -0.490 e. The molecule has 48 heavy (non-hydrogen) atoms. The number of fused-ring (bicyclic) bond motifs is 1. The van der Waals surface area contributed by atoms with E-state index in [1.165, 1.54) is 28.4 Å². The van der Waals surface area contributed by atoms with Gasteiger partial charge in [-0.15, -0.1) is 0 Å². The molecular formula is C36H46FN3O7S. The fourth-order valence-corrected chi connectivity index (χ4v) is 6.77. The van der Waals surface area contributed by atoms with Crippen molar-refractivity contribution >= 4 is 27.5 Å². The van der Waals surface area contributed by atoms with E-state index in [-0.39, 0.29) is 54.5 Å². The number of halogens is 1. The predicted octanol–water partition coefficient (Wildman–Crippen LogP) is 5.12. The summed E-state index contributed by atoms with van der Waals surface area (Å²) in [6, 6.07) is 18.4. The summed E-state index contributed by atoms with van der Waals surface area (Å²) >= 11 is 0. The number of benzene rings is 3. The van der Waals surface area contributed by atoms with Crippen LogP contribution in [0.5, 0.6) is 5.75 Å². The van der Waals surface area contributed by atoms with Crippen LogP contribution in [-0.4, -0.2) is 86.1 Å². The van der Waals surface area contributed by atoms with Gasteiger partial charge in [-0.25, -0.2) is 12.8 Å². The molecule has 1 aliphatic heterocycles. The molecule has 4 atom stereocenters. The Bertz CT molecular complexity index is 1620. The summed E-state index contributed by atoms with van der Waals surface area (Å²) < 4.78 is 53.9. The van der Waals surface area contributed by atoms with Gasteiger partial charge in [0.2, 0.25) is 15.9 Å². The molecule has 1 heterocycles. The third-order valence-corrected chi connectivity index (χ3v) is 10.3. The Kier molecular flexibility index (Phi) is 13.1. The molecule has 0 aromatic heterocycles. The average Bonchev–Trinajstić information content (AvgIpc) is 3.06. The number of ether oxygens (including phenoxy) is 2. The van der Waals surface area contributed by atoms with Crippen LogP contribution in [0.4, 0.5) is 10.1 Å². The number of hydrogen-bond acceptors (Lipinski definition) is 7. The highest BCUT2D eigenvalue weighted by molar-refractivity contribution is 7.89. The smallest absolute Gasteiger partial charge is 0.258 e. The van der Waals surface area contributed by atoms with E-state index in [0.29, 0.717) is 30.9 Å². The molecule has 0 fully saturated rings. The van der Waals surface area contributed by atoms with Crippen molar-refractivity contribution in [1.82, 2.24) is 9.21 Å². The zero-order valence-corrected chi connectivity index (χ0v) is 28.8. The molecule has 0 radical (unpaired) electrons. The lowest BCUT2D eigenvalue weighted by molar-refractivity contribution is -0.115. The van der Waals surface area contributed by atoms with E-state index in [1.807, 2.05) is 44.2 Å². The molecule has 1 aliphatic rings. The lowest BCUT2D eigenvalue weighted by Crippen LogP contribution is -2.48. The summed E-state index contributed by atoms with van der Waals surface area (Å²) in [5.41, 5.74) is 1.52. The second-order valence-electron chi connectivity index (χ2n) is 12.5. The monoisotopic (exact) mass is 683 g/mol. The first-order valence-corrected chi connectivity index (χ1v) is 17.7. The molecular weight excluding hydrogens is 637 g/mol. The van der Waals surface area contributed by atoms with Gasteiger partial charge in [0.1, 0.15) is 11.6 Å². The number of aliphatic hydroxyl groups is 1. The number of hydrogen-bond donors (Lipinski definition) is 2. The van der Waals surface area contributed by atoms with E-state index in [0.717, 1.165) is 24.1 Å². The maximum Gasteiger partial charge on any atom is 0.258 e. The summed E-state index contributed by atoms with van der Waals surface area (Å²) in [6.07, 6.45) is 1.49. The lowest BCUT2D eigenvalue weighted by atomic mass is 10.0. The Morgan fingerprint density at radius 1 is 1.08 bits per heavy atom. The van der Waals surface area contributed by atoms with E-state index in [1.54, 1.807) is 25.1 Å². The van der Waals surface area contributed by atoms with Gasteiger partial charge in [-0.1, -0.05) is 37.3 Å². The number of carbonyl (C=O) groups is 2. The third-order valence-electron chi connectivity index (χ3n) is 8.50. The minimum atomic E-state index is -3.95. The second-order valence-corrected chi connectivity index (χ2v) is 14.5. The van der Waals surface area contributed by atoms with Crippen molar-refractivity contribution in [2.75, 3.05) is 38.7 Å². The second kappa shape index (κ2) is 17.0. The topological polar surface area (TPSA) is 125 Å². The molecule has 12 heteroatoms. The van der Waals surface area contributed by atoms with Gasteiger partial charge < -0.3 is 24.8 Å². The number of rotatable bonds is 9. The van der Waals surface area contributed by atoms with E-state index in [4.69, 9.17) is 9.47 Å². The fourth-order valence-electron chi connectivity index (χ4n) is 5.59. The number of likely N-dealkylation sites (N-methyl/N-ethyl adjacent to an activating group) is 1. The lowest BCUT2D eigenvalue weighted by Gasteiger charge is -2.35. The summed E-state index contributed by atoms with van der Waals surface area (Å²) in [4.78, 5) is 28.7. The van der Waals surface area contributed by atoms with E-state index >= 15 is 0 Å². The molecule has 0 spiro atoms. The van der Waals surface area contributed by atoms with Crippen LogP contribution in [-0.2, 0) is 26.0 Å². The highest BCUT2D eigenvalue weighted by atomic mass is 32.2. The summed E-state index contributed by atoms with van der Waals surface area (Å²) in [5, 5.41) is 13.1.